The number of hydrogen-bond donors (Lipinski definition) is 0. The van der Waals surface area contributed by atoms with Crippen LogP contribution in [0.2, 0.25) is 19.6 Å². The van der Waals surface area contributed by atoms with E-state index in [0.29, 0.717) is 6.10 Å². The first kappa shape index (κ1) is 25.0. The van der Waals surface area contributed by atoms with Crippen molar-refractivity contribution in [2.75, 3.05) is 19.8 Å². The minimum Gasteiger partial charge on any atom is -0.381 e. The third-order valence-corrected chi connectivity index (χ3v) is 5.30. The number of ether oxygens (including phenoxy) is 2. The maximum absolute atomic E-state index is 5.66. The van der Waals surface area contributed by atoms with Crippen LogP contribution in [-0.4, -0.2) is 34.0 Å². The van der Waals surface area contributed by atoms with Crippen molar-refractivity contribution in [1.82, 2.24) is 0 Å². The molecule has 0 saturated heterocycles. The summed E-state index contributed by atoms with van der Waals surface area (Å²) in [6.45, 7) is 13.5. The molecule has 28 heavy (non-hydrogen) atoms. The van der Waals surface area contributed by atoms with Gasteiger partial charge >= 0.3 is 0 Å². The molecule has 0 heterocycles. The van der Waals surface area contributed by atoms with Crippen LogP contribution in [0.1, 0.15) is 69.9 Å². The zero-order valence-corrected chi connectivity index (χ0v) is 20.0. The second-order valence-electron chi connectivity index (χ2n) is 8.95. The van der Waals surface area contributed by atoms with E-state index in [1.54, 1.807) is 0 Å². The van der Waals surface area contributed by atoms with E-state index in [0.717, 1.165) is 31.8 Å². The number of hydrogen-bond acceptors (Lipinski definition) is 2. The predicted molar refractivity (Wildman–Crippen MR) is 125 cm³/mol. The van der Waals surface area contributed by atoms with Crippen molar-refractivity contribution in [1.29, 1.82) is 0 Å². The number of aryl methyl sites for hydroxylation is 1. The van der Waals surface area contributed by atoms with Gasteiger partial charge in [0.2, 0.25) is 0 Å². The summed E-state index contributed by atoms with van der Waals surface area (Å²) < 4.78 is 11.2. The Hall–Kier alpha value is -1.08. The molecule has 0 aliphatic carbocycles. The maximum Gasteiger partial charge on any atom is 0.129 e. The van der Waals surface area contributed by atoms with E-state index in [1.165, 1.54) is 50.5 Å². The maximum atomic E-state index is 5.66. The van der Waals surface area contributed by atoms with Gasteiger partial charge in [0.05, 0.1) is 6.10 Å². The minimum absolute atomic E-state index is 0.327. The summed E-state index contributed by atoms with van der Waals surface area (Å²) in [5.74, 6) is 3.33. The molecule has 1 aromatic rings. The van der Waals surface area contributed by atoms with Crippen LogP contribution in [0.25, 0.3) is 0 Å². The summed E-state index contributed by atoms with van der Waals surface area (Å²) in [5, 5.41) is 0. The lowest BCUT2D eigenvalue weighted by atomic mass is 10.0. The van der Waals surface area contributed by atoms with E-state index in [9.17, 15) is 0 Å². The molecule has 0 aromatic heterocycles. The number of benzene rings is 1. The predicted octanol–water partition coefficient (Wildman–Crippen LogP) is 6.63. The van der Waals surface area contributed by atoms with Crippen LogP contribution in [0.5, 0.6) is 0 Å². The van der Waals surface area contributed by atoms with Crippen molar-refractivity contribution < 1.29 is 9.47 Å². The minimum atomic E-state index is -1.28. The molecule has 0 saturated carbocycles. The molecule has 0 amide bonds. The van der Waals surface area contributed by atoms with Crippen molar-refractivity contribution in [2.45, 2.75) is 91.0 Å². The second-order valence-corrected chi connectivity index (χ2v) is 13.7. The highest BCUT2D eigenvalue weighted by Gasteiger charge is 2.07. The number of rotatable bonds is 14. The average molecular weight is 403 g/mol. The van der Waals surface area contributed by atoms with Gasteiger partial charge in [0.1, 0.15) is 8.07 Å². The Morgan fingerprint density at radius 1 is 0.786 bits per heavy atom. The van der Waals surface area contributed by atoms with Gasteiger partial charge in [-0.05, 0) is 57.2 Å². The lowest BCUT2D eigenvalue weighted by molar-refractivity contribution is 0.0507. The molecule has 0 aliphatic rings. The van der Waals surface area contributed by atoms with Crippen LogP contribution in [-0.2, 0) is 15.9 Å². The first-order chi connectivity index (χ1) is 13.4. The fourth-order valence-electron chi connectivity index (χ4n) is 2.84. The standard InChI is InChI=1S/C25H42O2Si/c1-23(2)27-21-12-20-26-19-11-9-7-6-8-10-13-24-14-16-25(17-15-24)18-22-28(3,4)5/h14-17,23H,6-13,19-21H2,1-5H3. The van der Waals surface area contributed by atoms with Crippen LogP contribution in [0.15, 0.2) is 24.3 Å². The normalized spacial score (nSPS) is 11.5. The van der Waals surface area contributed by atoms with Gasteiger partial charge < -0.3 is 9.47 Å². The summed E-state index contributed by atoms with van der Waals surface area (Å²) in [4.78, 5) is 0. The zero-order valence-electron chi connectivity index (χ0n) is 19.0. The molecule has 158 valence electrons. The van der Waals surface area contributed by atoms with Gasteiger partial charge in [-0.1, -0.05) is 63.4 Å². The summed E-state index contributed by atoms with van der Waals surface area (Å²) in [7, 11) is -1.28. The van der Waals surface area contributed by atoms with Crippen LogP contribution in [0, 0.1) is 11.5 Å². The highest BCUT2D eigenvalue weighted by molar-refractivity contribution is 6.83. The fraction of sp³-hybridized carbons (Fsp3) is 0.680. The van der Waals surface area contributed by atoms with E-state index in [-0.39, 0.29) is 0 Å². The third-order valence-electron chi connectivity index (χ3n) is 4.42. The Kier molecular flexibility index (Phi) is 13.2. The van der Waals surface area contributed by atoms with Crippen LogP contribution in [0.3, 0.4) is 0 Å². The first-order valence-electron chi connectivity index (χ1n) is 11.2. The SMILES string of the molecule is CC(C)OCCCOCCCCCCCCc1ccc(C#C[Si](C)(C)C)cc1. The summed E-state index contributed by atoms with van der Waals surface area (Å²) in [6.07, 6.45) is 10.3. The third kappa shape index (κ3) is 14.9. The van der Waals surface area contributed by atoms with E-state index in [4.69, 9.17) is 9.47 Å². The van der Waals surface area contributed by atoms with E-state index in [1.807, 2.05) is 0 Å². The Morgan fingerprint density at radius 3 is 2.04 bits per heavy atom. The van der Waals surface area contributed by atoms with Gasteiger partial charge in [0.15, 0.2) is 0 Å². The molecule has 0 aliphatic heterocycles. The largest absolute Gasteiger partial charge is 0.381 e. The first-order valence-corrected chi connectivity index (χ1v) is 14.7. The molecule has 0 radical (unpaired) electrons. The molecular weight excluding hydrogens is 360 g/mol. The summed E-state index contributed by atoms with van der Waals surface area (Å²) in [5.41, 5.74) is 6.02. The van der Waals surface area contributed by atoms with Gasteiger partial charge in [-0.25, -0.2) is 0 Å². The molecule has 0 fully saturated rings. The van der Waals surface area contributed by atoms with Crippen LogP contribution in [0.4, 0.5) is 0 Å². The summed E-state index contributed by atoms with van der Waals surface area (Å²) >= 11 is 0. The Labute approximate surface area is 175 Å². The highest BCUT2D eigenvalue weighted by atomic mass is 28.3. The Bertz CT molecular complexity index is 561. The van der Waals surface area contributed by atoms with E-state index >= 15 is 0 Å². The van der Waals surface area contributed by atoms with Crippen molar-refractivity contribution in [2.24, 2.45) is 0 Å². The van der Waals surface area contributed by atoms with Crippen molar-refractivity contribution >= 4 is 8.07 Å². The smallest absolute Gasteiger partial charge is 0.129 e. The molecular formula is C25H42O2Si. The molecule has 0 bridgehead atoms. The highest BCUT2D eigenvalue weighted by Crippen LogP contribution is 2.11. The van der Waals surface area contributed by atoms with Crippen LogP contribution < -0.4 is 0 Å². The quantitative estimate of drug-likeness (QED) is 0.197. The van der Waals surface area contributed by atoms with E-state index < -0.39 is 8.07 Å². The molecule has 1 aromatic carbocycles. The number of unbranched alkanes of at least 4 members (excludes halogenated alkanes) is 5. The molecule has 0 N–H and O–H groups in total. The fourth-order valence-corrected chi connectivity index (χ4v) is 3.36. The lowest BCUT2D eigenvalue weighted by Crippen LogP contribution is -2.16. The van der Waals surface area contributed by atoms with Crippen molar-refractivity contribution in [3.05, 3.63) is 35.4 Å². The van der Waals surface area contributed by atoms with Gasteiger partial charge in [0, 0.05) is 25.4 Å². The zero-order chi connectivity index (χ0) is 20.7. The average Bonchev–Trinajstić information content (AvgIpc) is 2.64. The van der Waals surface area contributed by atoms with Gasteiger partial charge in [0.25, 0.3) is 0 Å². The molecule has 0 atom stereocenters. The van der Waals surface area contributed by atoms with Crippen LogP contribution >= 0.6 is 0 Å². The lowest BCUT2D eigenvalue weighted by Gasteiger charge is -2.07. The van der Waals surface area contributed by atoms with Crippen molar-refractivity contribution in [3.63, 3.8) is 0 Å². The Morgan fingerprint density at radius 2 is 1.39 bits per heavy atom. The van der Waals surface area contributed by atoms with E-state index in [2.05, 4.69) is 69.2 Å². The molecule has 1 rings (SSSR count). The Balaban J connectivity index is 1.97. The van der Waals surface area contributed by atoms with Crippen molar-refractivity contribution in [3.8, 4) is 11.5 Å². The summed E-state index contributed by atoms with van der Waals surface area (Å²) in [6, 6.07) is 8.85. The van der Waals surface area contributed by atoms with Gasteiger partial charge in [-0.3, -0.25) is 0 Å². The molecule has 0 spiro atoms. The topological polar surface area (TPSA) is 18.5 Å². The van der Waals surface area contributed by atoms with Gasteiger partial charge in [-0.15, -0.1) is 5.54 Å². The van der Waals surface area contributed by atoms with Gasteiger partial charge in [-0.2, -0.15) is 0 Å². The monoisotopic (exact) mass is 402 g/mol. The molecule has 0 unspecified atom stereocenters. The molecule has 2 nitrogen and oxygen atoms in total. The molecule has 3 heteroatoms. The second kappa shape index (κ2) is 14.9.